The van der Waals surface area contributed by atoms with E-state index in [1.165, 1.54) is 12.3 Å². The van der Waals surface area contributed by atoms with Gasteiger partial charge in [-0.25, -0.2) is 0 Å². The van der Waals surface area contributed by atoms with Gasteiger partial charge in [-0.1, -0.05) is 6.92 Å². The van der Waals surface area contributed by atoms with E-state index in [-0.39, 0.29) is 28.9 Å². The highest BCUT2D eigenvalue weighted by molar-refractivity contribution is 6.18. The van der Waals surface area contributed by atoms with Gasteiger partial charge >= 0.3 is 0 Å². The molecule has 0 aromatic carbocycles. The lowest BCUT2D eigenvalue weighted by Crippen LogP contribution is -2.39. The Morgan fingerprint density at radius 3 is 2.71 bits per heavy atom. The van der Waals surface area contributed by atoms with Gasteiger partial charge in [-0.2, -0.15) is 0 Å². The maximum absolute atomic E-state index is 11.8. The molecule has 2 N–H and O–H groups in total. The van der Waals surface area contributed by atoms with E-state index in [1.807, 2.05) is 13.8 Å². The minimum Gasteiger partial charge on any atom is -0.364 e. The van der Waals surface area contributed by atoms with Crippen molar-refractivity contribution in [2.45, 2.75) is 26.8 Å². The highest BCUT2D eigenvalue weighted by Crippen LogP contribution is 2.05. The van der Waals surface area contributed by atoms with Crippen molar-refractivity contribution in [3.8, 4) is 0 Å². The van der Waals surface area contributed by atoms with Crippen LogP contribution in [0.3, 0.4) is 0 Å². The fourth-order valence-electron chi connectivity index (χ4n) is 1.31. The summed E-state index contributed by atoms with van der Waals surface area (Å²) in [5.41, 5.74) is 0.586. The summed E-state index contributed by atoms with van der Waals surface area (Å²) in [7, 11) is 0. The Kier molecular flexibility index (Phi) is 4.75. The minimum atomic E-state index is -0.365. The van der Waals surface area contributed by atoms with Gasteiger partial charge in [-0.15, -0.1) is 11.6 Å². The van der Waals surface area contributed by atoms with E-state index in [9.17, 15) is 9.59 Å². The summed E-state index contributed by atoms with van der Waals surface area (Å²) in [6, 6.07) is 1.34. The van der Waals surface area contributed by atoms with Gasteiger partial charge in [0, 0.05) is 29.9 Å². The number of alkyl halides is 1. The fourth-order valence-corrected chi connectivity index (χ4v) is 1.58. The molecule has 17 heavy (non-hydrogen) atoms. The lowest BCUT2D eigenvalue weighted by molar-refractivity contribution is 0.0929. The first-order valence-corrected chi connectivity index (χ1v) is 6.05. The van der Waals surface area contributed by atoms with Crippen molar-refractivity contribution >= 4 is 17.5 Å². The van der Waals surface area contributed by atoms with Crippen LogP contribution < -0.4 is 10.7 Å². The number of rotatable bonds is 4. The summed E-state index contributed by atoms with van der Waals surface area (Å²) >= 11 is 5.71. The Balaban J connectivity index is 2.80. The zero-order chi connectivity index (χ0) is 13.0. The van der Waals surface area contributed by atoms with Crippen LogP contribution >= 0.6 is 11.6 Å². The Morgan fingerprint density at radius 2 is 2.18 bits per heavy atom. The summed E-state index contributed by atoms with van der Waals surface area (Å²) in [4.78, 5) is 26.3. The van der Waals surface area contributed by atoms with Crippen molar-refractivity contribution in [3.05, 3.63) is 33.7 Å². The summed E-state index contributed by atoms with van der Waals surface area (Å²) in [5, 5.41) is 2.76. The predicted molar refractivity (Wildman–Crippen MR) is 68.6 cm³/mol. The molecule has 0 spiro atoms. The monoisotopic (exact) mass is 256 g/mol. The molecule has 1 aromatic rings. The van der Waals surface area contributed by atoms with Gasteiger partial charge < -0.3 is 10.3 Å². The molecule has 2 atom stereocenters. The Bertz CT molecular complexity index is 456. The predicted octanol–water partition coefficient (Wildman–Crippen LogP) is 1.68. The minimum absolute atomic E-state index is 0.0688. The van der Waals surface area contributed by atoms with E-state index < -0.39 is 0 Å². The Hall–Kier alpha value is -1.29. The number of aromatic amines is 1. The van der Waals surface area contributed by atoms with Crippen molar-refractivity contribution < 1.29 is 4.79 Å². The fraction of sp³-hybridized carbons (Fsp3) is 0.500. The molecule has 1 rings (SSSR count). The molecule has 1 heterocycles. The number of H-pyrrole nitrogens is 1. The van der Waals surface area contributed by atoms with Crippen LogP contribution in [-0.4, -0.2) is 22.8 Å². The van der Waals surface area contributed by atoms with E-state index in [1.54, 1.807) is 6.92 Å². The van der Waals surface area contributed by atoms with Crippen LogP contribution in [0.4, 0.5) is 0 Å². The van der Waals surface area contributed by atoms with Crippen LogP contribution in [0.25, 0.3) is 0 Å². The SMILES string of the molecule is Cc1cc(=O)c(C(=O)NC(C)C(C)CCl)c[nH]1. The highest BCUT2D eigenvalue weighted by Gasteiger charge is 2.16. The van der Waals surface area contributed by atoms with Crippen LogP contribution in [0.15, 0.2) is 17.1 Å². The second-order valence-electron chi connectivity index (χ2n) is 4.29. The molecule has 0 saturated carbocycles. The molecule has 5 heteroatoms. The zero-order valence-electron chi connectivity index (χ0n) is 10.2. The number of aryl methyl sites for hydroxylation is 1. The van der Waals surface area contributed by atoms with E-state index in [4.69, 9.17) is 11.6 Å². The number of carbonyl (C=O) groups excluding carboxylic acids is 1. The van der Waals surface area contributed by atoms with Gasteiger partial charge in [0.25, 0.3) is 5.91 Å². The van der Waals surface area contributed by atoms with E-state index in [0.717, 1.165) is 5.69 Å². The number of amides is 1. The van der Waals surface area contributed by atoms with Crippen molar-refractivity contribution in [1.29, 1.82) is 0 Å². The van der Waals surface area contributed by atoms with Gasteiger partial charge in [0.2, 0.25) is 0 Å². The van der Waals surface area contributed by atoms with Crippen LogP contribution in [-0.2, 0) is 0 Å². The largest absolute Gasteiger partial charge is 0.364 e. The van der Waals surface area contributed by atoms with Crippen molar-refractivity contribution in [1.82, 2.24) is 10.3 Å². The summed E-state index contributed by atoms with van der Waals surface area (Å²) in [6.07, 6.45) is 1.44. The summed E-state index contributed by atoms with van der Waals surface area (Å²) in [5.74, 6) is 0.256. The molecule has 0 saturated heterocycles. The van der Waals surface area contributed by atoms with Crippen LogP contribution in [0.2, 0.25) is 0 Å². The maximum Gasteiger partial charge on any atom is 0.256 e. The molecule has 2 unspecified atom stereocenters. The van der Waals surface area contributed by atoms with Gasteiger partial charge in [0.05, 0.1) is 0 Å². The molecular formula is C12H17ClN2O2. The molecule has 0 aliphatic heterocycles. The second kappa shape index (κ2) is 5.87. The molecule has 0 aliphatic rings. The average Bonchev–Trinajstić information content (AvgIpc) is 2.27. The summed E-state index contributed by atoms with van der Waals surface area (Å²) < 4.78 is 0. The highest BCUT2D eigenvalue weighted by atomic mass is 35.5. The topological polar surface area (TPSA) is 62.0 Å². The number of halogens is 1. The lowest BCUT2D eigenvalue weighted by Gasteiger charge is -2.18. The number of hydrogen-bond acceptors (Lipinski definition) is 2. The molecule has 94 valence electrons. The van der Waals surface area contributed by atoms with Crippen LogP contribution in [0.1, 0.15) is 29.9 Å². The number of aromatic nitrogens is 1. The van der Waals surface area contributed by atoms with Gasteiger partial charge in [-0.3, -0.25) is 9.59 Å². The molecular weight excluding hydrogens is 240 g/mol. The standard InChI is InChI=1S/C12H17ClN2O2/c1-7(5-13)9(3)15-12(17)10-6-14-8(2)4-11(10)16/h4,6-7,9H,5H2,1-3H3,(H,14,16)(H,15,17). The third kappa shape index (κ3) is 3.60. The first-order chi connectivity index (χ1) is 7.95. The van der Waals surface area contributed by atoms with Gasteiger partial charge in [0.15, 0.2) is 5.43 Å². The van der Waals surface area contributed by atoms with Gasteiger partial charge in [-0.05, 0) is 19.8 Å². The first-order valence-electron chi connectivity index (χ1n) is 5.52. The maximum atomic E-state index is 11.8. The Labute approximate surface area is 105 Å². The smallest absolute Gasteiger partial charge is 0.256 e. The van der Waals surface area contributed by atoms with E-state index in [2.05, 4.69) is 10.3 Å². The van der Waals surface area contributed by atoms with Gasteiger partial charge in [0.1, 0.15) is 5.56 Å². The molecule has 1 amide bonds. The van der Waals surface area contributed by atoms with Crippen molar-refractivity contribution in [2.75, 3.05) is 5.88 Å². The number of nitrogens with one attached hydrogen (secondary N) is 2. The second-order valence-corrected chi connectivity index (χ2v) is 4.60. The summed E-state index contributed by atoms with van der Waals surface area (Å²) in [6.45, 7) is 5.58. The number of pyridine rings is 1. The first kappa shape index (κ1) is 13.8. The lowest BCUT2D eigenvalue weighted by atomic mass is 10.1. The van der Waals surface area contributed by atoms with Crippen molar-refractivity contribution in [2.24, 2.45) is 5.92 Å². The molecule has 0 radical (unpaired) electrons. The zero-order valence-corrected chi connectivity index (χ0v) is 11.0. The molecule has 0 aliphatic carbocycles. The third-order valence-electron chi connectivity index (χ3n) is 2.76. The average molecular weight is 257 g/mol. The van der Waals surface area contributed by atoms with Crippen LogP contribution in [0.5, 0.6) is 0 Å². The quantitative estimate of drug-likeness (QED) is 0.805. The molecule has 0 fully saturated rings. The van der Waals surface area contributed by atoms with Crippen molar-refractivity contribution in [3.63, 3.8) is 0 Å². The normalized spacial score (nSPS) is 14.1. The molecule has 0 bridgehead atoms. The molecule has 4 nitrogen and oxygen atoms in total. The number of carbonyl (C=O) groups is 1. The Morgan fingerprint density at radius 1 is 1.53 bits per heavy atom. The van der Waals surface area contributed by atoms with E-state index in [0.29, 0.717) is 5.88 Å². The molecule has 1 aromatic heterocycles. The van der Waals surface area contributed by atoms with Crippen LogP contribution in [0, 0.1) is 12.8 Å². The third-order valence-corrected chi connectivity index (χ3v) is 3.24. The number of hydrogen-bond donors (Lipinski definition) is 2. The van der Waals surface area contributed by atoms with E-state index >= 15 is 0 Å².